The normalized spacial score (nSPS) is 14.0. The van der Waals surface area contributed by atoms with Crippen molar-refractivity contribution in [1.29, 1.82) is 0 Å². The molecule has 0 bridgehead atoms. The Morgan fingerprint density at radius 2 is 0.765 bits per heavy atom. The number of hydrogen-bond donors (Lipinski definition) is 0. The molecule has 6 heteroatoms. The van der Waals surface area contributed by atoms with Crippen LogP contribution in [0.1, 0.15) is 64.9 Å². The summed E-state index contributed by atoms with van der Waals surface area (Å²) in [6.45, 7) is 13.7. The van der Waals surface area contributed by atoms with Gasteiger partial charge in [0.15, 0.2) is 16.6 Å². The quantitative estimate of drug-likeness (QED) is 0.229. The van der Waals surface area contributed by atoms with Crippen molar-refractivity contribution in [2.24, 2.45) is 0 Å². The first-order chi connectivity index (χ1) is 16.4. The number of benzene rings is 2. The largest absolute Gasteiger partial charge is 0.497 e. The highest BCUT2D eigenvalue weighted by Crippen LogP contribution is 2.43. The van der Waals surface area contributed by atoms with Crippen molar-refractivity contribution in [2.45, 2.75) is 90.0 Å². The van der Waals surface area contributed by atoms with Gasteiger partial charge in [-0.05, 0) is 71.7 Å². The lowest BCUT2D eigenvalue weighted by Crippen LogP contribution is -2.43. The Bertz CT molecular complexity index is 742. The molecule has 0 aromatic heterocycles. The van der Waals surface area contributed by atoms with Gasteiger partial charge in [-0.3, -0.25) is 0 Å². The van der Waals surface area contributed by atoms with E-state index in [1.165, 1.54) is 0 Å². The van der Waals surface area contributed by atoms with Crippen LogP contribution in [0.2, 0.25) is 36.3 Å². The highest BCUT2D eigenvalue weighted by Gasteiger charge is 2.41. The molecular formula is C28H46O4Si2. The van der Waals surface area contributed by atoms with E-state index in [4.69, 9.17) is 18.3 Å². The number of rotatable bonds is 15. The maximum absolute atomic E-state index is 7.26. The number of methoxy groups -OCH3 is 2. The molecule has 2 atom stereocenters. The van der Waals surface area contributed by atoms with Gasteiger partial charge in [0.25, 0.3) is 0 Å². The topological polar surface area (TPSA) is 36.9 Å². The average molecular weight is 503 g/mol. The molecule has 0 aliphatic heterocycles. The third-order valence-electron chi connectivity index (χ3n) is 7.78. The van der Waals surface area contributed by atoms with Crippen molar-refractivity contribution >= 4 is 16.6 Å². The van der Waals surface area contributed by atoms with Gasteiger partial charge in [0, 0.05) is 0 Å². The van der Waals surface area contributed by atoms with E-state index in [2.05, 4.69) is 65.8 Å². The van der Waals surface area contributed by atoms with Crippen LogP contribution in [0.15, 0.2) is 48.5 Å². The summed E-state index contributed by atoms with van der Waals surface area (Å²) >= 11 is 0. The summed E-state index contributed by atoms with van der Waals surface area (Å²) in [6, 6.07) is 23.3. The minimum absolute atomic E-state index is 0.164. The summed E-state index contributed by atoms with van der Waals surface area (Å²) < 4.78 is 25.4. The van der Waals surface area contributed by atoms with Crippen LogP contribution in [0.3, 0.4) is 0 Å². The lowest BCUT2D eigenvalue weighted by atomic mass is 9.98. The highest BCUT2D eigenvalue weighted by molar-refractivity contribution is 6.74. The van der Waals surface area contributed by atoms with Gasteiger partial charge in [0.1, 0.15) is 11.5 Å². The Hall–Kier alpha value is -1.61. The van der Waals surface area contributed by atoms with Crippen molar-refractivity contribution < 1.29 is 18.3 Å². The van der Waals surface area contributed by atoms with Crippen LogP contribution in [0, 0.1) is 0 Å². The molecule has 0 radical (unpaired) electrons. The monoisotopic (exact) mass is 502 g/mol. The molecule has 2 aromatic rings. The standard InChI is InChI=1S/C28H46O4Si2/c1-9-33(10-2,11-3)31-27(23-15-19-25(29-7)20-16-23)28(32-34(12-4,13-5)14-6)24-17-21-26(30-8)22-18-24/h15-22,27-28H,9-14H2,1-8H3. The molecule has 34 heavy (non-hydrogen) atoms. The molecule has 0 aliphatic rings. The predicted molar refractivity (Wildman–Crippen MR) is 148 cm³/mol. The van der Waals surface area contributed by atoms with Crippen LogP contribution in [-0.2, 0) is 8.85 Å². The zero-order chi connectivity index (χ0) is 25.2. The first kappa shape index (κ1) is 28.6. The average Bonchev–Trinajstić information content (AvgIpc) is 2.91. The van der Waals surface area contributed by atoms with Crippen molar-refractivity contribution in [1.82, 2.24) is 0 Å². The molecule has 0 amide bonds. The van der Waals surface area contributed by atoms with Crippen LogP contribution in [0.25, 0.3) is 0 Å². The van der Waals surface area contributed by atoms with Gasteiger partial charge in [-0.15, -0.1) is 0 Å². The van der Waals surface area contributed by atoms with Gasteiger partial charge in [-0.2, -0.15) is 0 Å². The summed E-state index contributed by atoms with van der Waals surface area (Å²) in [4.78, 5) is 0. The van der Waals surface area contributed by atoms with E-state index in [-0.39, 0.29) is 12.2 Å². The second-order valence-electron chi connectivity index (χ2n) is 9.11. The van der Waals surface area contributed by atoms with E-state index in [9.17, 15) is 0 Å². The number of ether oxygens (including phenoxy) is 2. The first-order valence-corrected chi connectivity index (χ1v) is 18.1. The molecular weight excluding hydrogens is 456 g/mol. The molecule has 2 unspecified atom stereocenters. The summed E-state index contributed by atoms with van der Waals surface area (Å²) in [6.07, 6.45) is -0.329. The molecule has 2 aromatic carbocycles. The zero-order valence-electron chi connectivity index (χ0n) is 22.6. The minimum atomic E-state index is -1.93. The third-order valence-corrected chi connectivity index (χ3v) is 17.0. The van der Waals surface area contributed by atoms with Crippen LogP contribution < -0.4 is 9.47 Å². The Balaban J connectivity index is 2.67. The van der Waals surface area contributed by atoms with Crippen LogP contribution in [-0.4, -0.2) is 30.9 Å². The highest BCUT2D eigenvalue weighted by atomic mass is 28.4. The molecule has 4 nitrogen and oxygen atoms in total. The Morgan fingerprint density at radius 1 is 0.500 bits per heavy atom. The molecule has 2 rings (SSSR count). The first-order valence-electron chi connectivity index (χ1n) is 13.0. The Morgan fingerprint density at radius 3 is 0.971 bits per heavy atom. The van der Waals surface area contributed by atoms with Crippen LogP contribution in [0.5, 0.6) is 11.5 Å². The van der Waals surface area contributed by atoms with Gasteiger partial charge in [0.05, 0.1) is 26.4 Å². The Kier molecular flexibility index (Phi) is 11.3. The fourth-order valence-electron chi connectivity index (χ4n) is 4.74. The third kappa shape index (κ3) is 6.75. The molecule has 0 saturated heterocycles. The van der Waals surface area contributed by atoms with Crippen molar-refractivity contribution in [3.05, 3.63) is 59.7 Å². The maximum atomic E-state index is 7.26. The second kappa shape index (κ2) is 13.5. The van der Waals surface area contributed by atoms with Gasteiger partial charge in [0.2, 0.25) is 0 Å². The van der Waals surface area contributed by atoms with E-state index in [1.54, 1.807) is 14.2 Å². The van der Waals surface area contributed by atoms with E-state index in [0.717, 1.165) is 58.9 Å². The fourth-order valence-corrected chi connectivity index (χ4v) is 10.3. The van der Waals surface area contributed by atoms with Crippen molar-refractivity contribution in [2.75, 3.05) is 14.2 Å². The van der Waals surface area contributed by atoms with Gasteiger partial charge < -0.3 is 18.3 Å². The van der Waals surface area contributed by atoms with Gasteiger partial charge in [-0.25, -0.2) is 0 Å². The number of hydrogen-bond acceptors (Lipinski definition) is 4. The molecule has 0 spiro atoms. The lowest BCUT2D eigenvalue weighted by molar-refractivity contribution is 0.0365. The second-order valence-corrected chi connectivity index (χ2v) is 18.6. The molecule has 0 fully saturated rings. The van der Waals surface area contributed by atoms with E-state index in [1.807, 2.05) is 24.3 Å². The summed E-state index contributed by atoms with van der Waals surface area (Å²) in [7, 11) is -0.435. The van der Waals surface area contributed by atoms with Gasteiger partial charge in [-0.1, -0.05) is 65.8 Å². The molecule has 0 aliphatic carbocycles. The maximum Gasteiger partial charge on any atom is 0.193 e. The van der Waals surface area contributed by atoms with E-state index in [0.29, 0.717) is 0 Å². The molecule has 0 heterocycles. The fraction of sp³-hybridized carbons (Fsp3) is 0.571. The summed E-state index contributed by atoms with van der Waals surface area (Å²) in [5.41, 5.74) is 2.31. The van der Waals surface area contributed by atoms with Crippen molar-refractivity contribution in [3.8, 4) is 11.5 Å². The van der Waals surface area contributed by atoms with Crippen molar-refractivity contribution in [3.63, 3.8) is 0 Å². The van der Waals surface area contributed by atoms with E-state index < -0.39 is 16.6 Å². The summed E-state index contributed by atoms with van der Waals surface area (Å²) in [5.74, 6) is 1.71. The minimum Gasteiger partial charge on any atom is -0.497 e. The van der Waals surface area contributed by atoms with E-state index >= 15 is 0 Å². The molecule has 0 N–H and O–H groups in total. The van der Waals surface area contributed by atoms with Gasteiger partial charge >= 0.3 is 0 Å². The smallest absolute Gasteiger partial charge is 0.193 e. The zero-order valence-corrected chi connectivity index (χ0v) is 24.6. The van der Waals surface area contributed by atoms with Crippen LogP contribution in [0.4, 0.5) is 0 Å². The predicted octanol–water partition coefficient (Wildman–Crippen LogP) is 8.53. The SMILES string of the molecule is CC[Si](CC)(CC)OC(c1ccc(OC)cc1)C(O[Si](CC)(CC)CC)c1ccc(OC)cc1. The Labute approximate surface area is 210 Å². The lowest BCUT2D eigenvalue weighted by Gasteiger charge is -2.41. The molecule has 0 saturated carbocycles. The molecule has 190 valence electrons. The van der Waals surface area contributed by atoms with Crippen LogP contribution >= 0.6 is 0 Å². The summed E-state index contributed by atoms with van der Waals surface area (Å²) in [5, 5.41) is 0.